The predicted octanol–water partition coefficient (Wildman–Crippen LogP) is 3.73. The Labute approximate surface area is 96.0 Å². The Morgan fingerprint density at radius 3 is 2.56 bits per heavy atom. The first-order chi connectivity index (χ1) is 7.73. The molecule has 0 amide bonds. The molecule has 0 aliphatic heterocycles. The highest BCUT2D eigenvalue weighted by Gasteiger charge is 2.16. The highest BCUT2D eigenvalue weighted by molar-refractivity contribution is 5.76. The maximum atomic E-state index is 9.06. The summed E-state index contributed by atoms with van der Waals surface area (Å²) in [7, 11) is 0. The zero-order valence-corrected chi connectivity index (χ0v) is 9.22. The van der Waals surface area contributed by atoms with Crippen molar-refractivity contribution in [2.75, 3.05) is 0 Å². The smallest absolute Gasteiger partial charge is 0.0911 e. The molecule has 0 aromatic heterocycles. The average molecular weight is 207 g/mol. The fraction of sp³-hybridized carbons (Fsp3) is 0.133. The second-order valence-electron chi connectivity index (χ2n) is 4.07. The van der Waals surface area contributed by atoms with Gasteiger partial charge in [-0.25, -0.2) is 0 Å². The minimum Gasteiger partial charge on any atom is -0.197 e. The van der Waals surface area contributed by atoms with Crippen molar-refractivity contribution < 1.29 is 0 Å². The molecule has 1 aliphatic carbocycles. The molecule has 0 radical (unpaired) electrons. The van der Waals surface area contributed by atoms with E-state index in [0.29, 0.717) is 0 Å². The molecule has 1 aliphatic rings. The summed E-state index contributed by atoms with van der Waals surface area (Å²) < 4.78 is 0. The minimum absolute atomic E-state index is 0.493. The van der Waals surface area contributed by atoms with Gasteiger partial charge in [-0.15, -0.1) is 0 Å². The van der Waals surface area contributed by atoms with E-state index in [1.54, 1.807) is 0 Å². The van der Waals surface area contributed by atoms with Crippen LogP contribution in [-0.4, -0.2) is 0 Å². The zero-order chi connectivity index (χ0) is 11.4. The maximum Gasteiger partial charge on any atom is 0.0911 e. The molecule has 1 nitrogen and oxygen atoms in total. The van der Waals surface area contributed by atoms with Crippen molar-refractivity contribution >= 4 is 5.57 Å². The molecule has 1 unspecified atom stereocenters. The number of nitrogens with zero attached hydrogens (tertiary/aromatic N) is 1. The lowest BCUT2D eigenvalue weighted by atomic mass is 9.92. The van der Waals surface area contributed by atoms with Crippen molar-refractivity contribution in [1.82, 2.24) is 0 Å². The first kappa shape index (κ1) is 10.4. The van der Waals surface area contributed by atoms with Gasteiger partial charge in [0.25, 0.3) is 0 Å². The van der Waals surface area contributed by atoms with Gasteiger partial charge in [-0.3, -0.25) is 0 Å². The normalized spacial score (nSPS) is 23.4. The van der Waals surface area contributed by atoms with Crippen LogP contribution in [0.4, 0.5) is 0 Å². The average Bonchev–Trinajstić information content (AvgIpc) is 2.53. The van der Waals surface area contributed by atoms with Crippen LogP contribution in [0.3, 0.4) is 0 Å². The Kier molecular flexibility index (Phi) is 2.74. The summed E-state index contributed by atoms with van der Waals surface area (Å²) in [6, 6.07) is 12.5. The monoisotopic (exact) mass is 207 g/mol. The SMILES string of the molecule is CC1(C#N)C=CC=C(c2ccccc2)C=C1. The van der Waals surface area contributed by atoms with Gasteiger partial charge in [0.15, 0.2) is 0 Å². The Morgan fingerprint density at radius 2 is 1.88 bits per heavy atom. The van der Waals surface area contributed by atoms with E-state index in [1.165, 1.54) is 5.56 Å². The highest BCUT2D eigenvalue weighted by Crippen LogP contribution is 2.26. The van der Waals surface area contributed by atoms with Crippen LogP contribution in [0.5, 0.6) is 0 Å². The van der Waals surface area contributed by atoms with Gasteiger partial charge in [-0.2, -0.15) is 5.26 Å². The third-order valence-electron chi connectivity index (χ3n) is 2.68. The summed E-state index contributed by atoms with van der Waals surface area (Å²) in [6.07, 6.45) is 9.85. The predicted molar refractivity (Wildman–Crippen MR) is 66.4 cm³/mol. The van der Waals surface area contributed by atoms with Gasteiger partial charge >= 0.3 is 0 Å². The number of hydrogen-bond donors (Lipinski definition) is 0. The third-order valence-corrected chi connectivity index (χ3v) is 2.68. The molecule has 1 aromatic rings. The van der Waals surface area contributed by atoms with E-state index in [-0.39, 0.29) is 0 Å². The van der Waals surface area contributed by atoms with Crippen molar-refractivity contribution in [3.8, 4) is 6.07 Å². The Morgan fingerprint density at radius 1 is 1.12 bits per heavy atom. The number of allylic oxidation sites excluding steroid dienone is 6. The van der Waals surface area contributed by atoms with Gasteiger partial charge in [0, 0.05) is 0 Å². The highest BCUT2D eigenvalue weighted by atomic mass is 14.3. The molecule has 0 saturated heterocycles. The summed E-state index contributed by atoms with van der Waals surface area (Å²) >= 11 is 0. The van der Waals surface area contributed by atoms with Crippen molar-refractivity contribution in [3.63, 3.8) is 0 Å². The van der Waals surface area contributed by atoms with E-state index in [0.717, 1.165) is 5.57 Å². The summed E-state index contributed by atoms with van der Waals surface area (Å²) in [6.45, 7) is 1.90. The van der Waals surface area contributed by atoms with E-state index in [2.05, 4.69) is 18.2 Å². The number of hydrogen-bond acceptors (Lipinski definition) is 1. The molecule has 1 heteroatoms. The van der Waals surface area contributed by atoms with Crippen molar-refractivity contribution in [1.29, 1.82) is 5.26 Å². The molecule has 0 spiro atoms. The molecule has 78 valence electrons. The van der Waals surface area contributed by atoms with Crippen LogP contribution in [0.15, 0.2) is 60.7 Å². The van der Waals surface area contributed by atoms with Gasteiger partial charge in [-0.1, -0.05) is 60.7 Å². The van der Waals surface area contributed by atoms with Crippen LogP contribution in [0.25, 0.3) is 5.57 Å². The summed E-state index contributed by atoms with van der Waals surface area (Å²) in [5.74, 6) is 0. The molecule has 1 atom stereocenters. The lowest BCUT2D eigenvalue weighted by Crippen LogP contribution is -2.04. The van der Waals surface area contributed by atoms with Crippen molar-refractivity contribution in [2.24, 2.45) is 5.41 Å². The lowest BCUT2D eigenvalue weighted by Gasteiger charge is -2.08. The molecule has 1 aromatic carbocycles. The Bertz CT molecular complexity index is 500. The van der Waals surface area contributed by atoms with Gasteiger partial charge < -0.3 is 0 Å². The first-order valence-corrected chi connectivity index (χ1v) is 5.29. The maximum absolute atomic E-state index is 9.06. The van der Waals surface area contributed by atoms with E-state index in [9.17, 15) is 0 Å². The number of rotatable bonds is 1. The number of nitriles is 1. The lowest BCUT2D eigenvalue weighted by molar-refractivity contribution is 0.737. The van der Waals surface area contributed by atoms with Crippen LogP contribution in [-0.2, 0) is 0 Å². The second-order valence-corrected chi connectivity index (χ2v) is 4.07. The molecule has 0 N–H and O–H groups in total. The Balaban J connectivity index is 2.36. The Hall–Kier alpha value is -2.07. The fourth-order valence-corrected chi connectivity index (χ4v) is 1.62. The molecule has 0 heterocycles. The van der Waals surface area contributed by atoms with E-state index in [4.69, 9.17) is 5.26 Å². The second kappa shape index (κ2) is 4.20. The van der Waals surface area contributed by atoms with Crippen molar-refractivity contribution in [2.45, 2.75) is 6.92 Å². The van der Waals surface area contributed by atoms with Crippen LogP contribution < -0.4 is 0 Å². The molecule has 2 rings (SSSR count). The van der Waals surface area contributed by atoms with Gasteiger partial charge in [-0.05, 0) is 18.1 Å². The minimum atomic E-state index is -0.493. The molecule has 16 heavy (non-hydrogen) atoms. The van der Waals surface area contributed by atoms with Crippen LogP contribution in [0.1, 0.15) is 12.5 Å². The quantitative estimate of drug-likeness (QED) is 0.688. The molecule has 0 saturated carbocycles. The van der Waals surface area contributed by atoms with Crippen LogP contribution in [0.2, 0.25) is 0 Å². The van der Waals surface area contributed by atoms with E-state index >= 15 is 0 Å². The summed E-state index contributed by atoms with van der Waals surface area (Å²) in [5.41, 5.74) is 1.81. The molecule has 0 fully saturated rings. The zero-order valence-electron chi connectivity index (χ0n) is 9.22. The van der Waals surface area contributed by atoms with Gasteiger partial charge in [0.2, 0.25) is 0 Å². The van der Waals surface area contributed by atoms with Gasteiger partial charge in [0.1, 0.15) is 0 Å². The largest absolute Gasteiger partial charge is 0.197 e. The van der Waals surface area contributed by atoms with Crippen molar-refractivity contribution in [3.05, 3.63) is 66.3 Å². The first-order valence-electron chi connectivity index (χ1n) is 5.29. The summed E-state index contributed by atoms with van der Waals surface area (Å²) in [5, 5.41) is 9.06. The van der Waals surface area contributed by atoms with Crippen LogP contribution in [0, 0.1) is 16.7 Å². The fourth-order valence-electron chi connectivity index (χ4n) is 1.62. The third kappa shape index (κ3) is 2.12. The molecular formula is C15H13N. The molecular weight excluding hydrogens is 194 g/mol. The topological polar surface area (TPSA) is 23.8 Å². The van der Waals surface area contributed by atoms with E-state index in [1.807, 2.05) is 55.5 Å². The standard InChI is InChI=1S/C15H13N/c1-15(12-16)10-5-8-14(9-11-15)13-6-3-2-4-7-13/h2-11H,1H3. The van der Waals surface area contributed by atoms with Crippen LogP contribution >= 0.6 is 0 Å². The molecule has 0 bridgehead atoms. The van der Waals surface area contributed by atoms with Gasteiger partial charge in [0.05, 0.1) is 11.5 Å². The number of benzene rings is 1. The van der Waals surface area contributed by atoms with E-state index < -0.39 is 5.41 Å². The summed E-state index contributed by atoms with van der Waals surface area (Å²) in [4.78, 5) is 0.